The molecule has 1 N–H and O–H groups in total. The Morgan fingerprint density at radius 2 is 2.13 bits per heavy atom. The molecule has 15 heavy (non-hydrogen) atoms. The zero-order valence-corrected chi connectivity index (χ0v) is 10.1. The fraction of sp³-hybridized carbons (Fsp3) is 0.750. The fourth-order valence-corrected chi connectivity index (χ4v) is 1.22. The molecule has 0 aliphatic carbocycles. The molecule has 0 aromatic rings. The molecule has 3 nitrogen and oxygen atoms in total. The van der Waals surface area contributed by atoms with Crippen molar-refractivity contribution in [2.24, 2.45) is 0 Å². The molecule has 0 atom stereocenters. The van der Waals surface area contributed by atoms with E-state index < -0.39 is 0 Å². The summed E-state index contributed by atoms with van der Waals surface area (Å²) in [5.41, 5.74) is 0. The van der Waals surface area contributed by atoms with Gasteiger partial charge in [0.05, 0.1) is 6.54 Å². The number of likely N-dealkylation sites (N-methyl/N-ethyl adjacent to an activating group) is 1. The van der Waals surface area contributed by atoms with Crippen LogP contribution in [0.25, 0.3) is 0 Å². The van der Waals surface area contributed by atoms with Gasteiger partial charge in [-0.15, -0.1) is 6.58 Å². The number of hydrogen-bond acceptors (Lipinski definition) is 2. The third-order valence-electron chi connectivity index (χ3n) is 2.44. The average molecular weight is 212 g/mol. The second-order valence-corrected chi connectivity index (χ2v) is 3.72. The number of carbonyl (C=O) groups is 1. The minimum absolute atomic E-state index is 0.170. The van der Waals surface area contributed by atoms with Crippen molar-refractivity contribution in [3.63, 3.8) is 0 Å². The summed E-state index contributed by atoms with van der Waals surface area (Å²) in [4.78, 5) is 13.1. The lowest BCUT2D eigenvalue weighted by Crippen LogP contribution is -2.35. The molecule has 88 valence electrons. The second-order valence-electron chi connectivity index (χ2n) is 3.72. The third kappa shape index (κ3) is 8.18. The highest BCUT2D eigenvalue weighted by Crippen LogP contribution is 1.98. The first kappa shape index (κ1) is 14.2. The first-order valence-corrected chi connectivity index (χ1v) is 5.78. The summed E-state index contributed by atoms with van der Waals surface area (Å²) >= 11 is 0. The normalized spacial score (nSPS) is 10.0. The SMILES string of the molecule is C=CCCCCCNCC(=O)N(C)CC. The van der Waals surface area contributed by atoms with Crippen LogP contribution in [-0.2, 0) is 4.79 Å². The van der Waals surface area contributed by atoms with Crippen LogP contribution in [0.2, 0.25) is 0 Å². The van der Waals surface area contributed by atoms with E-state index in [1.54, 1.807) is 4.90 Å². The molecule has 0 aromatic carbocycles. The Morgan fingerprint density at radius 1 is 1.40 bits per heavy atom. The molecule has 0 aliphatic rings. The van der Waals surface area contributed by atoms with E-state index in [-0.39, 0.29) is 5.91 Å². The van der Waals surface area contributed by atoms with Crippen molar-refractivity contribution in [3.05, 3.63) is 12.7 Å². The van der Waals surface area contributed by atoms with Crippen LogP contribution in [0.5, 0.6) is 0 Å². The van der Waals surface area contributed by atoms with Crippen molar-refractivity contribution >= 4 is 5.91 Å². The molecule has 0 radical (unpaired) electrons. The molecule has 0 unspecified atom stereocenters. The van der Waals surface area contributed by atoms with Crippen molar-refractivity contribution in [1.82, 2.24) is 10.2 Å². The summed E-state index contributed by atoms with van der Waals surface area (Å²) in [6.45, 7) is 7.83. The lowest BCUT2D eigenvalue weighted by molar-refractivity contribution is -0.128. The Balaban J connectivity index is 3.23. The maximum absolute atomic E-state index is 11.4. The highest BCUT2D eigenvalue weighted by atomic mass is 16.2. The molecule has 0 heterocycles. The van der Waals surface area contributed by atoms with E-state index >= 15 is 0 Å². The van der Waals surface area contributed by atoms with Crippen LogP contribution in [-0.4, -0.2) is 37.5 Å². The predicted octanol–water partition coefficient (Wildman–Crippen LogP) is 1.80. The summed E-state index contributed by atoms with van der Waals surface area (Å²) in [6.07, 6.45) is 6.59. The van der Waals surface area contributed by atoms with Gasteiger partial charge in [-0.2, -0.15) is 0 Å². The summed E-state index contributed by atoms with van der Waals surface area (Å²) in [6, 6.07) is 0. The molecule has 0 spiro atoms. The summed E-state index contributed by atoms with van der Waals surface area (Å²) < 4.78 is 0. The number of hydrogen-bond donors (Lipinski definition) is 1. The summed E-state index contributed by atoms with van der Waals surface area (Å²) in [7, 11) is 1.83. The molecule has 0 aromatic heterocycles. The maximum Gasteiger partial charge on any atom is 0.236 e. The van der Waals surface area contributed by atoms with Gasteiger partial charge >= 0.3 is 0 Å². The van der Waals surface area contributed by atoms with E-state index in [9.17, 15) is 4.79 Å². The van der Waals surface area contributed by atoms with Gasteiger partial charge in [-0.25, -0.2) is 0 Å². The number of rotatable bonds is 9. The lowest BCUT2D eigenvalue weighted by atomic mass is 10.2. The molecular weight excluding hydrogens is 188 g/mol. The number of nitrogens with one attached hydrogen (secondary N) is 1. The first-order chi connectivity index (χ1) is 7.22. The van der Waals surface area contributed by atoms with Crippen molar-refractivity contribution in [1.29, 1.82) is 0 Å². The number of nitrogens with zero attached hydrogens (tertiary/aromatic N) is 1. The predicted molar refractivity (Wildman–Crippen MR) is 64.8 cm³/mol. The van der Waals surface area contributed by atoms with E-state index in [0.717, 1.165) is 25.9 Å². The van der Waals surface area contributed by atoms with E-state index in [0.29, 0.717) is 6.54 Å². The Bertz CT molecular complexity index is 180. The van der Waals surface area contributed by atoms with Crippen LogP contribution < -0.4 is 5.32 Å². The Hall–Kier alpha value is -0.830. The fourth-order valence-electron chi connectivity index (χ4n) is 1.22. The molecule has 0 fully saturated rings. The average Bonchev–Trinajstić information content (AvgIpc) is 2.26. The zero-order chi connectivity index (χ0) is 11.5. The number of carbonyl (C=O) groups excluding carboxylic acids is 1. The van der Waals surface area contributed by atoms with Crippen LogP contribution >= 0.6 is 0 Å². The Labute approximate surface area is 93.5 Å². The van der Waals surface area contributed by atoms with Crippen LogP contribution in [0.1, 0.15) is 32.6 Å². The lowest BCUT2D eigenvalue weighted by Gasteiger charge is -2.14. The van der Waals surface area contributed by atoms with Crippen LogP contribution in [0.3, 0.4) is 0 Å². The minimum Gasteiger partial charge on any atom is -0.345 e. The van der Waals surface area contributed by atoms with Crippen molar-refractivity contribution in [2.75, 3.05) is 26.7 Å². The van der Waals surface area contributed by atoms with Gasteiger partial charge in [-0.05, 0) is 32.7 Å². The quantitative estimate of drug-likeness (QED) is 0.467. The van der Waals surface area contributed by atoms with Gasteiger partial charge < -0.3 is 10.2 Å². The Morgan fingerprint density at radius 3 is 2.73 bits per heavy atom. The molecule has 0 bridgehead atoms. The van der Waals surface area contributed by atoms with Gasteiger partial charge in [-0.3, -0.25) is 4.79 Å². The zero-order valence-electron chi connectivity index (χ0n) is 10.1. The monoisotopic (exact) mass is 212 g/mol. The highest BCUT2D eigenvalue weighted by Gasteiger charge is 2.04. The van der Waals surface area contributed by atoms with Gasteiger partial charge in [0.1, 0.15) is 0 Å². The first-order valence-electron chi connectivity index (χ1n) is 5.78. The maximum atomic E-state index is 11.4. The second kappa shape index (κ2) is 9.71. The van der Waals surface area contributed by atoms with E-state index in [1.807, 2.05) is 20.0 Å². The number of amides is 1. The van der Waals surface area contributed by atoms with E-state index in [2.05, 4.69) is 11.9 Å². The Kier molecular flexibility index (Phi) is 9.18. The number of unbranched alkanes of at least 4 members (excludes halogenated alkanes) is 3. The molecule has 3 heteroatoms. The molecule has 0 saturated heterocycles. The topological polar surface area (TPSA) is 32.3 Å². The van der Waals surface area contributed by atoms with Gasteiger partial charge in [0.25, 0.3) is 0 Å². The van der Waals surface area contributed by atoms with Gasteiger partial charge in [0.15, 0.2) is 0 Å². The molecule has 1 amide bonds. The van der Waals surface area contributed by atoms with Crippen LogP contribution in [0.4, 0.5) is 0 Å². The van der Waals surface area contributed by atoms with Crippen molar-refractivity contribution in [2.45, 2.75) is 32.6 Å². The van der Waals surface area contributed by atoms with E-state index in [4.69, 9.17) is 0 Å². The molecular formula is C12H24N2O. The van der Waals surface area contributed by atoms with Crippen molar-refractivity contribution < 1.29 is 4.79 Å². The van der Waals surface area contributed by atoms with Crippen LogP contribution in [0, 0.1) is 0 Å². The van der Waals surface area contributed by atoms with Gasteiger partial charge in [-0.1, -0.05) is 12.5 Å². The minimum atomic E-state index is 0.170. The molecule has 0 rings (SSSR count). The van der Waals surface area contributed by atoms with Gasteiger partial charge in [0, 0.05) is 13.6 Å². The smallest absolute Gasteiger partial charge is 0.236 e. The van der Waals surface area contributed by atoms with E-state index in [1.165, 1.54) is 12.8 Å². The summed E-state index contributed by atoms with van der Waals surface area (Å²) in [5.74, 6) is 0.170. The molecule has 0 saturated carbocycles. The summed E-state index contributed by atoms with van der Waals surface area (Å²) in [5, 5.41) is 3.16. The number of allylic oxidation sites excluding steroid dienone is 1. The third-order valence-corrected chi connectivity index (χ3v) is 2.44. The molecule has 0 aliphatic heterocycles. The van der Waals surface area contributed by atoms with Crippen molar-refractivity contribution in [3.8, 4) is 0 Å². The standard InChI is InChI=1S/C12H24N2O/c1-4-6-7-8-9-10-13-11-12(15)14(3)5-2/h4,13H,1,5-11H2,2-3H3. The van der Waals surface area contributed by atoms with Gasteiger partial charge in [0.2, 0.25) is 5.91 Å². The van der Waals surface area contributed by atoms with Crippen LogP contribution in [0.15, 0.2) is 12.7 Å². The largest absolute Gasteiger partial charge is 0.345 e. The highest BCUT2D eigenvalue weighted by molar-refractivity contribution is 5.77.